The summed E-state index contributed by atoms with van der Waals surface area (Å²) in [7, 11) is 1.58. The maximum Gasteiger partial charge on any atom is 0.274 e. The number of fused-ring (bicyclic) bond motifs is 3. The number of methoxy groups -OCH3 is 1. The number of hydrogen-bond donors (Lipinski definition) is 0. The van der Waals surface area contributed by atoms with E-state index in [4.69, 9.17) is 9.47 Å². The third-order valence-electron chi connectivity index (χ3n) is 5.69. The summed E-state index contributed by atoms with van der Waals surface area (Å²) in [5.74, 6) is 1.14. The molecule has 0 saturated carbocycles. The van der Waals surface area contributed by atoms with E-state index in [0.717, 1.165) is 27.7 Å². The van der Waals surface area contributed by atoms with Crippen molar-refractivity contribution in [2.45, 2.75) is 13.0 Å². The highest BCUT2D eigenvalue weighted by molar-refractivity contribution is 7.15. The first-order valence-electron chi connectivity index (χ1n) is 11.0. The molecular formula is C28H21N3O3S. The Balaban J connectivity index is 1.57. The van der Waals surface area contributed by atoms with E-state index in [0.29, 0.717) is 33.0 Å². The molecule has 3 aromatic carbocycles. The number of para-hydroxylation sites is 2. The van der Waals surface area contributed by atoms with Crippen LogP contribution < -0.4 is 19.6 Å². The highest BCUT2D eigenvalue weighted by Crippen LogP contribution is 2.34. The standard InChI is InChI=1S/C28H21N3O3S/c1-3-8-19-13-18(14-24(33-2)26(19)34-17-21-10-5-4-9-20(21)16-29)15-25-27(32)31-23-12-7-6-11-22(23)30-28(31)35-25/h3-7,9-15H,1,8,17H2,2H3. The number of benzene rings is 3. The van der Waals surface area contributed by atoms with E-state index >= 15 is 0 Å². The predicted octanol–water partition coefficient (Wildman–Crippen LogP) is 4.64. The maximum absolute atomic E-state index is 13.2. The molecule has 0 aliphatic heterocycles. The number of allylic oxidation sites excluding steroid dienone is 1. The molecule has 0 N–H and O–H groups in total. The summed E-state index contributed by atoms with van der Waals surface area (Å²) in [6.07, 6.45) is 4.19. The van der Waals surface area contributed by atoms with Crippen LogP contribution in [0.5, 0.6) is 11.5 Å². The van der Waals surface area contributed by atoms with E-state index in [1.807, 2.05) is 60.7 Å². The van der Waals surface area contributed by atoms with Gasteiger partial charge in [-0.05, 0) is 48.4 Å². The van der Waals surface area contributed by atoms with Gasteiger partial charge in [0.05, 0.1) is 34.3 Å². The molecule has 0 saturated heterocycles. The van der Waals surface area contributed by atoms with Crippen molar-refractivity contribution in [2.24, 2.45) is 0 Å². The van der Waals surface area contributed by atoms with Crippen molar-refractivity contribution in [3.8, 4) is 17.6 Å². The van der Waals surface area contributed by atoms with Gasteiger partial charge >= 0.3 is 0 Å². The van der Waals surface area contributed by atoms with Crippen LogP contribution in [0.3, 0.4) is 0 Å². The zero-order chi connectivity index (χ0) is 24.4. The Labute approximate surface area is 205 Å². The van der Waals surface area contributed by atoms with Crippen LogP contribution in [0.25, 0.3) is 22.1 Å². The monoisotopic (exact) mass is 479 g/mol. The van der Waals surface area contributed by atoms with E-state index in [1.165, 1.54) is 11.3 Å². The predicted molar refractivity (Wildman–Crippen MR) is 138 cm³/mol. The van der Waals surface area contributed by atoms with Gasteiger partial charge in [0.1, 0.15) is 6.61 Å². The molecule has 0 fully saturated rings. The Morgan fingerprint density at radius 3 is 2.74 bits per heavy atom. The Morgan fingerprint density at radius 2 is 1.94 bits per heavy atom. The van der Waals surface area contributed by atoms with Gasteiger partial charge in [0, 0.05) is 11.1 Å². The van der Waals surface area contributed by atoms with Crippen molar-refractivity contribution < 1.29 is 9.47 Å². The minimum absolute atomic E-state index is 0.101. The molecule has 0 radical (unpaired) electrons. The lowest BCUT2D eigenvalue weighted by Gasteiger charge is -2.16. The van der Waals surface area contributed by atoms with Gasteiger partial charge in [-0.15, -0.1) is 6.58 Å². The van der Waals surface area contributed by atoms with Gasteiger partial charge in [-0.1, -0.05) is 47.7 Å². The number of nitriles is 1. The number of hydrogen-bond acceptors (Lipinski definition) is 6. The van der Waals surface area contributed by atoms with E-state index in [-0.39, 0.29) is 12.2 Å². The highest BCUT2D eigenvalue weighted by Gasteiger charge is 2.15. The first-order valence-corrected chi connectivity index (χ1v) is 11.8. The molecule has 7 heteroatoms. The first kappa shape index (κ1) is 22.4. The quantitative estimate of drug-likeness (QED) is 0.318. The van der Waals surface area contributed by atoms with Gasteiger partial charge < -0.3 is 9.47 Å². The Hall–Kier alpha value is -4.41. The van der Waals surface area contributed by atoms with Crippen LogP contribution in [0.1, 0.15) is 22.3 Å². The molecule has 0 bridgehead atoms. The van der Waals surface area contributed by atoms with Gasteiger partial charge in [0.15, 0.2) is 16.5 Å². The number of rotatable bonds is 7. The summed E-state index contributed by atoms with van der Waals surface area (Å²) >= 11 is 1.35. The van der Waals surface area contributed by atoms with E-state index in [1.54, 1.807) is 23.7 Å². The number of thiazole rings is 1. The van der Waals surface area contributed by atoms with Crippen molar-refractivity contribution in [1.29, 1.82) is 5.26 Å². The molecule has 172 valence electrons. The molecule has 5 aromatic rings. The Morgan fingerprint density at radius 1 is 1.14 bits per heavy atom. The summed E-state index contributed by atoms with van der Waals surface area (Å²) in [6.45, 7) is 4.10. The molecule has 6 nitrogen and oxygen atoms in total. The summed E-state index contributed by atoms with van der Waals surface area (Å²) in [5, 5.41) is 9.37. The smallest absolute Gasteiger partial charge is 0.274 e. The second-order valence-electron chi connectivity index (χ2n) is 7.90. The minimum atomic E-state index is -0.101. The molecule has 0 aliphatic rings. The third-order valence-corrected chi connectivity index (χ3v) is 6.66. The van der Waals surface area contributed by atoms with Gasteiger partial charge in [-0.3, -0.25) is 4.79 Å². The summed E-state index contributed by atoms with van der Waals surface area (Å²) < 4.78 is 14.0. The zero-order valence-electron chi connectivity index (χ0n) is 19.0. The second kappa shape index (κ2) is 9.45. The fourth-order valence-electron chi connectivity index (χ4n) is 4.06. The van der Waals surface area contributed by atoms with Crippen LogP contribution in [0.2, 0.25) is 0 Å². The largest absolute Gasteiger partial charge is 0.493 e. The van der Waals surface area contributed by atoms with Gasteiger partial charge in [-0.25, -0.2) is 9.38 Å². The molecule has 0 aliphatic carbocycles. The highest BCUT2D eigenvalue weighted by atomic mass is 32.1. The molecule has 2 heterocycles. The number of ether oxygens (including phenoxy) is 2. The number of nitrogens with zero attached hydrogens (tertiary/aromatic N) is 3. The van der Waals surface area contributed by atoms with E-state index < -0.39 is 0 Å². The Bertz CT molecular complexity index is 1730. The molecular weight excluding hydrogens is 458 g/mol. The van der Waals surface area contributed by atoms with E-state index in [2.05, 4.69) is 17.6 Å². The lowest BCUT2D eigenvalue weighted by atomic mass is 10.0. The zero-order valence-corrected chi connectivity index (χ0v) is 19.8. The average Bonchev–Trinajstić information content (AvgIpc) is 3.39. The summed E-state index contributed by atoms with van der Waals surface area (Å²) in [5.41, 5.74) is 4.55. The van der Waals surface area contributed by atoms with Crippen molar-refractivity contribution in [2.75, 3.05) is 7.11 Å². The van der Waals surface area contributed by atoms with Gasteiger partial charge in [-0.2, -0.15) is 5.26 Å². The lowest BCUT2D eigenvalue weighted by molar-refractivity contribution is 0.281. The molecule has 35 heavy (non-hydrogen) atoms. The Kier molecular flexibility index (Phi) is 6.04. The number of imidazole rings is 1. The molecule has 5 rings (SSSR count). The molecule has 2 aromatic heterocycles. The second-order valence-corrected chi connectivity index (χ2v) is 8.91. The molecule has 0 spiro atoms. The molecule has 0 amide bonds. The first-order chi connectivity index (χ1) is 17.1. The maximum atomic E-state index is 13.2. The van der Waals surface area contributed by atoms with Crippen LogP contribution in [0, 0.1) is 11.3 Å². The van der Waals surface area contributed by atoms with Crippen LogP contribution in [0.15, 0.2) is 78.1 Å². The minimum Gasteiger partial charge on any atom is -0.493 e. The SMILES string of the molecule is C=CCc1cc(C=c2sc3nc4ccccc4n3c2=O)cc(OC)c1OCc1ccccc1C#N. The summed E-state index contributed by atoms with van der Waals surface area (Å²) in [4.78, 5) is 18.4. The normalized spacial score (nSPS) is 11.6. The fourth-order valence-corrected chi connectivity index (χ4v) is 5.04. The van der Waals surface area contributed by atoms with Crippen molar-refractivity contribution in [1.82, 2.24) is 9.38 Å². The fraction of sp³-hybridized carbons (Fsp3) is 0.107. The number of aromatic nitrogens is 2. The van der Waals surface area contributed by atoms with Crippen LogP contribution in [-0.4, -0.2) is 16.5 Å². The third kappa shape index (κ3) is 4.16. The topological polar surface area (TPSA) is 76.6 Å². The summed E-state index contributed by atoms with van der Waals surface area (Å²) in [6, 6.07) is 20.9. The van der Waals surface area contributed by atoms with Crippen molar-refractivity contribution in [3.05, 3.63) is 110 Å². The van der Waals surface area contributed by atoms with Crippen LogP contribution in [0.4, 0.5) is 0 Å². The molecule has 0 unspecified atom stereocenters. The van der Waals surface area contributed by atoms with Crippen molar-refractivity contribution in [3.63, 3.8) is 0 Å². The molecule has 0 atom stereocenters. The lowest BCUT2D eigenvalue weighted by Crippen LogP contribution is -2.22. The van der Waals surface area contributed by atoms with Crippen molar-refractivity contribution >= 4 is 33.4 Å². The van der Waals surface area contributed by atoms with Crippen LogP contribution >= 0.6 is 11.3 Å². The van der Waals surface area contributed by atoms with Gasteiger partial charge in [0.25, 0.3) is 5.56 Å². The van der Waals surface area contributed by atoms with Gasteiger partial charge in [0.2, 0.25) is 0 Å². The average molecular weight is 480 g/mol. The van der Waals surface area contributed by atoms with E-state index in [9.17, 15) is 10.1 Å². The van der Waals surface area contributed by atoms with Crippen LogP contribution in [-0.2, 0) is 13.0 Å².